The summed E-state index contributed by atoms with van der Waals surface area (Å²) < 4.78 is 28.0. The lowest BCUT2D eigenvalue weighted by Crippen LogP contribution is -2.44. The van der Waals surface area contributed by atoms with Crippen molar-refractivity contribution in [2.45, 2.75) is 30.3 Å². The number of nitrogens with zero attached hydrogens (tertiary/aromatic N) is 1. The summed E-state index contributed by atoms with van der Waals surface area (Å²) in [7, 11) is -3.73. The highest BCUT2D eigenvalue weighted by atomic mass is 35.5. The van der Waals surface area contributed by atoms with Crippen LogP contribution in [0.25, 0.3) is 0 Å². The lowest BCUT2D eigenvalue weighted by Gasteiger charge is -2.32. The smallest absolute Gasteiger partial charge is 0.243 e. The summed E-state index contributed by atoms with van der Waals surface area (Å²) in [5.74, 6) is 0. The molecule has 0 aromatic heterocycles. The fraction of sp³-hybridized carbons (Fsp3) is 0.333. The first-order valence-electron chi connectivity index (χ1n) is 8.18. The summed E-state index contributed by atoms with van der Waals surface area (Å²) in [6.45, 7) is 2.58. The molecule has 142 valence electrons. The first-order valence-corrected chi connectivity index (χ1v) is 10.4. The molecule has 1 fully saturated rings. The number of nitrogens with one attached hydrogen (secondary N) is 1. The zero-order valence-corrected chi connectivity index (χ0v) is 17.2. The Morgan fingerprint density at radius 2 is 1.54 bits per heavy atom. The summed E-state index contributed by atoms with van der Waals surface area (Å²) in [4.78, 5) is 2.30. The van der Waals surface area contributed by atoms with Gasteiger partial charge in [-0.15, -0.1) is 12.4 Å². The van der Waals surface area contributed by atoms with E-state index in [0.717, 1.165) is 32.5 Å². The van der Waals surface area contributed by atoms with Crippen LogP contribution in [0.5, 0.6) is 0 Å². The molecule has 0 amide bonds. The van der Waals surface area contributed by atoms with E-state index >= 15 is 0 Å². The zero-order valence-electron chi connectivity index (χ0n) is 14.1. The molecule has 2 aromatic carbocycles. The van der Waals surface area contributed by atoms with Crippen molar-refractivity contribution in [1.82, 2.24) is 9.62 Å². The third-order valence-corrected chi connectivity index (χ3v) is 6.82. The monoisotopic (exact) mass is 434 g/mol. The largest absolute Gasteiger partial charge is 0.299 e. The van der Waals surface area contributed by atoms with Crippen molar-refractivity contribution in [1.29, 1.82) is 0 Å². The first kappa shape index (κ1) is 21.5. The number of rotatable bonds is 5. The minimum absolute atomic E-state index is 0. The molecule has 0 atom stereocenters. The molecule has 4 nitrogen and oxygen atoms in total. The Morgan fingerprint density at radius 1 is 0.962 bits per heavy atom. The van der Waals surface area contributed by atoms with E-state index in [1.165, 1.54) is 17.7 Å². The van der Waals surface area contributed by atoms with Crippen LogP contribution in [-0.4, -0.2) is 32.4 Å². The van der Waals surface area contributed by atoms with Gasteiger partial charge in [0.2, 0.25) is 10.0 Å². The van der Waals surface area contributed by atoms with E-state index in [2.05, 4.69) is 21.8 Å². The van der Waals surface area contributed by atoms with Crippen LogP contribution < -0.4 is 4.72 Å². The Hall–Kier alpha value is -0.820. The van der Waals surface area contributed by atoms with Crippen LogP contribution in [0, 0.1) is 0 Å². The van der Waals surface area contributed by atoms with Gasteiger partial charge in [0.15, 0.2) is 0 Å². The van der Waals surface area contributed by atoms with Crippen LogP contribution in [0.1, 0.15) is 18.4 Å². The highest BCUT2D eigenvalue weighted by molar-refractivity contribution is 7.89. The summed E-state index contributed by atoms with van der Waals surface area (Å²) >= 11 is 12.1. The van der Waals surface area contributed by atoms with Crippen LogP contribution in [0.4, 0.5) is 0 Å². The molecular formula is C18H21Cl3N2O2S. The molecule has 1 N–H and O–H groups in total. The van der Waals surface area contributed by atoms with Crippen LogP contribution in [0.3, 0.4) is 0 Å². The summed E-state index contributed by atoms with van der Waals surface area (Å²) in [6.07, 6.45) is 1.52. The molecular weight excluding hydrogens is 415 g/mol. The Labute approximate surface area is 171 Å². The van der Waals surface area contributed by atoms with E-state index in [0.29, 0.717) is 0 Å². The Bertz CT molecular complexity index is 803. The van der Waals surface area contributed by atoms with Crippen molar-refractivity contribution in [2.75, 3.05) is 13.1 Å². The quantitative estimate of drug-likeness (QED) is 0.759. The van der Waals surface area contributed by atoms with Gasteiger partial charge in [-0.1, -0.05) is 59.6 Å². The summed E-state index contributed by atoms with van der Waals surface area (Å²) in [5, 5.41) is 0.281. The molecule has 0 radical (unpaired) electrons. The van der Waals surface area contributed by atoms with Crippen molar-refractivity contribution in [3.05, 3.63) is 64.1 Å². The number of benzene rings is 2. The van der Waals surface area contributed by atoms with Gasteiger partial charge in [0.25, 0.3) is 0 Å². The van der Waals surface area contributed by atoms with Crippen molar-refractivity contribution < 1.29 is 8.42 Å². The lowest BCUT2D eigenvalue weighted by molar-refractivity contribution is 0.200. The van der Waals surface area contributed by atoms with Gasteiger partial charge < -0.3 is 0 Å². The van der Waals surface area contributed by atoms with E-state index in [9.17, 15) is 8.42 Å². The number of piperidine rings is 1. The number of halogens is 3. The second kappa shape index (κ2) is 9.40. The van der Waals surface area contributed by atoms with E-state index in [4.69, 9.17) is 23.2 Å². The number of hydrogen-bond acceptors (Lipinski definition) is 3. The predicted octanol–water partition coefficient (Wildman–Crippen LogP) is 4.36. The molecule has 0 aliphatic carbocycles. The number of sulfonamides is 1. The molecule has 8 heteroatoms. The fourth-order valence-electron chi connectivity index (χ4n) is 3.07. The average Bonchev–Trinajstić information content (AvgIpc) is 2.57. The normalized spacial score (nSPS) is 16.2. The van der Waals surface area contributed by atoms with Crippen molar-refractivity contribution in [3.63, 3.8) is 0 Å². The van der Waals surface area contributed by atoms with Crippen molar-refractivity contribution >= 4 is 45.6 Å². The third kappa shape index (κ3) is 5.35. The maximum absolute atomic E-state index is 12.6. The SMILES string of the molecule is Cl.O=S(=O)(NC1CCN(Cc2ccccc2)CC1)c1c(Cl)cccc1Cl. The maximum atomic E-state index is 12.6. The summed E-state index contributed by atoms with van der Waals surface area (Å²) in [5.41, 5.74) is 1.27. The molecule has 0 spiro atoms. The van der Waals surface area contributed by atoms with Crippen LogP contribution in [0.2, 0.25) is 10.0 Å². The van der Waals surface area contributed by atoms with E-state index in [-0.39, 0.29) is 33.4 Å². The molecule has 2 aromatic rings. The molecule has 1 heterocycles. The minimum Gasteiger partial charge on any atom is -0.299 e. The fourth-order valence-corrected chi connectivity index (χ4v) is 5.52. The van der Waals surface area contributed by atoms with Crippen molar-refractivity contribution in [3.8, 4) is 0 Å². The molecule has 0 saturated carbocycles. The molecule has 1 saturated heterocycles. The van der Waals surface area contributed by atoms with Gasteiger partial charge in [0, 0.05) is 25.7 Å². The molecule has 26 heavy (non-hydrogen) atoms. The minimum atomic E-state index is -3.73. The van der Waals surface area contributed by atoms with Crippen LogP contribution in [0.15, 0.2) is 53.4 Å². The highest BCUT2D eigenvalue weighted by Gasteiger charge is 2.27. The van der Waals surface area contributed by atoms with Gasteiger partial charge in [-0.05, 0) is 30.5 Å². The van der Waals surface area contributed by atoms with Gasteiger partial charge in [-0.3, -0.25) is 4.90 Å². The van der Waals surface area contributed by atoms with E-state index < -0.39 is 10.0 Å². The third-order valence-electron chi connectivity index (χ3n) is 4.35. The van der Waals surface area contributed by atoms with Gasteiger partial charge in [-0.25, -0.2) is 13.1 Å². The first-order chi connectivity index (χ1) is 12.0. The lowest BCUT2D eigenvalue weighted by atomic mass is 10.1. The van der Waals surface area contributed by atoms with Gasteiger partial charge in [-0.2, -0.15) is 0 Å². The number of likely N-dealkylation sites (tertiary alicyclic amines) is 1. The average molecular weight is 436 g/mol. The molecule has 0 unspecified atom stereocenters. The Balaban J connectivity index is 0.00000243. The standard InChI is InChI=1S/C18H20Cl2N2O2S.ClH/c19-16-7-4-8-17(20)18(16)25(23,24)21-15-9-11-22(12-10-15)13-14-5-2-1-3-6-14;/h1-8,15,21H,9-13H2;1H. The van der Waals surface area contributed by atoms with Gasteiger partial charge in [0.1, 0.15) is 4.90 Å². The van der Waals surface area contributed by atoms with E-state index in [1.807, 2.05) is 18.2 Å². The molecule has 1 aliphatic heterocycles. The Kier molecular flexibility index (Phi) is 7.76. The van der Waals surface area contributed by atoms with Crippen molar-refractivity contribution in [2.24, 2.45) is 0 Å². The Morgan fingerprint density at radius 3 is 2.12 bits per heavy atom. The molecule has 0 bridgehead atoms. The van der Waals surface area contributed by atoms with Gasteiger partial charge >= 0.3 is 0 Å². The second-order valence-corrected chi connectivity index (χ2v) is 8.67. The second-order valence-electron chi connectivity index (χ2n) is 6.21. The highest BCUT2D eigenvalue weighted by Crippen LogP contribution is 2.29. The van der Waals surface area contributed by atoms with Crippen LogP contribution in [-0.2, 0) is 16.6 Å². The maximum Gasteiger partial charge on any atom is 0.243 e. The van der Waals surface area contributed by atoms with E-state index in [1.54, 1.807) is 6.07 Å². The zero-order chi connectivity index (χ0) is 17.9. The summed E-state index contributed by atoms with van der Waals surface area (Å²) in [6, 6.07) is 14.9. The molecule has 3 rings (SSSR count). The predicted molar refractivity (Wildman–Crippen MR) is 109 cm³/mol. The number of hydrogen-bond donors (Lipinski definition) is 1. The topological polar surface area (TPSA) is 49.4 Å². The van der Waals surface area contributed by atoms with Gasteiger partial charge in [0.05, 0.1) is 10.0 Å². The van der Waals surface area contributed by atoms with Crippen LogP contribution >= 0.6 is 35.6 Å². The molecule has 1 aliphatic rings.